The summed E-state index contributed by atoms with van der Waals surface area (Å²) >= 11 is 0. The molecule has 0 amide bonds. The number of aromatic nitrogens is 7. The van der Waals surface area contributed by atoms with Crippen molar-refractivity contribution in [3.05, 3.63) is 63.6 Å². The standard InChI is InChI=1S/C22H24N8O2/c1-27-21(32)17-13-24-28(2)20(17)25-22(27)29-11-7-15(8-12-29)14-30-19(31)4-3-18(26-30)16-5-9-23-10-6-16/h3-6,9-10,13,15H,7-8,11-12,14H2,1-2H3. The molecule has 1 saturated heterocycles. The van der Waals surface area contributed by atoms with E-state index in [-0.39, 0.29) is 11.1 Å². The number of piperidine rings is 1. The van der Waals surface area contributed by atoms with Crippen LogP contribution in [-0.4, -0.2) is 47.2 Å². The number of aryl methyl sites for hydroxylation is 1. The number of pyridine rings is 1. The molecule has 0 aromatic carbocycles. The maximum absolute atomic E-state index is 12.7. The highest BCUT2D eigenvalue weighted by molar-refractivity contribution is 5.74. The lowest BCUT2D eigenvalue weighted by molar-refractivity contribution is 0.333. The van der Waals surface area contributed by atoms with Crippen LogP contribution in [0.5, 0.6) is 0 Å². The average molecular weight is 432 g/mol. The molecule has 1 fully saturated rings. The summed E-state index contributed by atoms with van der Waals surface area (Å²) in [6, 6.07) is 7.08. The van der Waals surface area contributed by atoms with Gasteiger partial charge in [0.1, 0.15) is 5.39 Å². The van der Waals surface area contributed by atoms with E-state index in [1.54, 1.807) is 58.7 Å². The van der Waals surface area contributed by atoms with Gasteiger partial charge in [-0.1, -0.05) is 0 Å². The van der Waals surface area contributed by atoms with Crippen LogP contribution in [0, 0.1) is 5.92 Å². The van der Waals surface area contributed by atoms with Gasteiger partial charge in [-0.3, -0.25) is 23.8 Å². The number of rotatable bonds is 4. The summed E-state index contributed by atoms with van der Waals surface area (Å²) in [5, 5.41) is 9.25. The minimum Gasteiger partial charge on any atom is -0.342 e. The monoisotopic (exact) mass is 432 g/mol. The van der Waals surface area contributed by atoms with E-state index >= 15 is 0 Å². The van der Waals surface area contributed by atoms with Crippen LogP contribution in [-0.2, 0) is 20.6 Å². The molecule has 0 unspecified atom stereocenters. The van der Waals surface area contributed by atoms with Crippen molar-refractivity contribution in [3.63, 3.8) is 0 Å². The van der Waals surface area contributed by atoms with Crippen molar-refractivity contribution in [3.8, 4) is 11.3 Å². The SMILES string of the molecule is Cn1c(N2CCC(Cn3nc(-c4ccncc4)ccc3=O)CC2)nc2c(cnn2C)c1=O. The topological polar surface area (TPSA) is 104 Å². The summed E-state index contributed by atoms with van der Waals surface area (Å²) in [5.41, 5.74) is 2.09. The Hall–Kier alpha value is -3.82. The largest absolute Gasteiger partial charge is 0.342 e. The normalized spacial score (nSPS) is 14.9. The van der Waals surface area contributed by atoms with E-state index in [0.29, 0.717) is 29.4 Å². The Bertz CT molecular complexity index is 1380. The minimum atomic E-state index is -0.101. The molecular formula is C22H24N8O2. The first kappa shape index (κ1) is 20.1. The van der Waals surface area contributed by atoms with Crippen LogP contribution in [0.3, 0.4) is 0 Å². The summed E-state index contributed by atoms with van der Waals surface area (Å²) in [4.78, 5) is 36.0. The van der Waals surface area contributed by atoms with E-state index < -0.39 is 0 Å². The molecule has 0 N–H and O–H groups in total. The highest BCUT2D eigenvalue weighted by Gasteiger charge is 2.24. The van der Waals surface area contributed by atoms with Crippen molar-refractivity contribution >= 4 is 17.0 Å². The van der Waals surface area contributed by atoms with Crippen molar-refractivity contribution in [1.82, 2.24) is 34.1 Å². The van der Waals surface area contributed by atoms with Gasteiger partial charge < -0.3 is 4.90 Å². The highest BCUT2D eigenvalue weighted by atomic mass is 16.1. The predicted octanol–water partition coefficient (Wildman–Crippen LogP) is 1.20. The Balaban J connectivity index is 1.32. The number of nitrogens with zero attached hydrogens (tertiary/aromatic N) is 8. The first-order valence-electron chi connectivity index (χ1n) is 10.6. The van der Waals surface area contributed by atoms with Crippen molar-refractivity contribution in [2.75, 3.05) is 18.0 Å². The average Bonchev–Trinajstić information content (AvgIpc) is 3.19. The Morgan fingerprint density at radius 2 is 1.78 bits per heavy atom. The lowest BCUT2D eigenvalue weighted by Crippen LogP contribution is -2.40. The molecule has 5 rings (SSSR count). The number of hydrogen-bond acceptors (Lipinski definition) is 7. The minimum absolute atomic E-state index is 0.0936. The molecule has 0 radical (unpaired) electrons. The molecule has 4 aromatic heterocycles. The molecular weight excluding hydrogens is 408 g/mol. The zero-order valence-electron chi connectivity index (χ0n) is 18.0. The van der Waals surface area contributed by atoms with E-state index in [4.69, 9.17) is 4.98 Å². The van der Waals surface area contributed by atoms with Gasteiger partial charge in [-0.05, 0) is 37.0 Å². The number of fused-ring (bicyclic) bond motifs is 1. The molecule has 0 saturated carbocycles. The Labute approximate surface area is 183 Å². The van der Waals surface area contributed by atoms with Gasteiger partial charge in [-0.15, -0.1) is 0 Å². The summed E-state index contributed by atoms with van der Waals surface area (Å²) in [7, 11) is 3.53. The van der Waals surface area contributed by atoms with E-state index in [0.717, 1.165) is 37.2 Å². The van der Waals surface area contributed by atoms with Crippen LogP contribution in [0.25, 0.3) is 22.3 Å². The van der Waals surface area contributed by atoms with E-state index in [9.17, 15) is 9.59 Å². The van der Waals surface area contributed by atoms with Crippen LogP contribution >= 0.6 is 0 Å². The zero-order chi connectivity index (χ0) is 22.2. The molecule has 32 heavy (non-hydrogen) atoms. The molecule has 0 spiro atoms. The van der Waals surface area contributed by atoms with Crippen molar-refractivity contribution in [2.45, 2.75) is 19.4 Å². The smallest absolute Gasteiger partial charge is 0.266 e. The molecule has 10 heteroatoms. The highest BCUT2D eigenvalue weighted by Crippen LogP contribution is 2.23. The molecule has 5 heterocycles. The Kier molecular flexibility index (Phi) is 5.04. The van der Waals surface area contributed by atoms with E-state index in [1.165, 1.54) is 0 Å². The van der Waals surface area contributed by atoms with E-state index in [1.807, 2.05) is 12.1 Å². The third-order valence-corrected chi connectivity index (χ3v) is 6.12. The second-order valence-corrected chi connectivity index (χ2v) is 8.19. The Morgan fingerprint density at radius 3 is 2.53 bits per heavy atom. The summed E-state index contributed by atoms with van der Waals surface area (Å²) in [5.74, 6) is 0.973. The third-order valence-electron chi connectivity index (χ3n) is 6.12. The molecule has 0 atom stereocenters. The molecule has 1 aliphatic rings. The first-order valence-corrected chi connectivity index (χ1v) is 10.6. The lowest BCUT2D eigenvalue weighted by atomic mass is 9.97. The van der Waals surface area contributed by atoms with Crippen LogP contribution < -0.4 is 16.0 Å². The lowest BCUT2D eigenvalue weighted by Gasteiger charge is -2.33. The second kappa shape index (κ2) is 8.03. The van der Waals surface area contributed by atoms with Crippen molar-refractivity contribution < 1.29 is 0 Å². The summed E-state index contributed by atoms with van der Waals surface area (Å²) in [6.07, 6.45) is 6.75. The van der Waals surface area contributed by atoms with Gasteiger partial charge >= 0.3 is 0 Å². The van der Waals surface area contributed by atoms with E-state index in [2.05, 4.69) is 20.1 Å². The molecule has 0 aliphatic carbocycles. The van der Waals surface area contributed by atoms with Crippen molar-refractivity contribution in [1.29, 1.82) is 0 Å². The number of anilines is 1. The van der Waals surface area contributed by atoms with Gasteiger partial charge in [0.25, 0.3) is 11.1 Å². The zero-order valence-corrected chi connectivity index (χ0v) is 18.0. The molecule has 0 bridgehead atoms. The summed E-state index contributed by atoms with van der Waals surface area (Å²) in [6.45, 7) is 2.08. The number of hydrogen-bond donors (Lipinski definition) is 0. The van der Waals surface area contributed by atoms with Crippen LogP contribution in [0.4, 0.5) is 5.95 Å². The predicted molar refractivity (Wildman–Crippen MR) is 120 cm³/mol. The Morgan fingerprint density at radius 1 is 1.03 bits per heavy atom. The second-order valence-electron chi connectivity index (χ2n) is 8.19. The molecule has 1 aliphatic heterocycles. The van der Waals surface area contributed by atoms with Crippen LogP contribution in [0.1, 0.15) is 12.8 Å². The molecule has 4 aromatic rings. The van der Waals surface area contributed by atoms with Crippen LogP contribution in [0.2, 0.25) is 0 Å². The van der Waals surface area contributed by atoms with Gasteiger partial charge in [0, 0.05) is 57.8 Å². The quantitative estimate of drug-likeness (QED) is 0.477. The van der Waals surface area contributed by atoms with Crippen LogP contribution in [0.15, 0.2) is 52.4 Å². The maximum atomic E-state index is 12.7. The van der Waals surface area contributed by atoms with Gasteiger partial charge in [-0.25, -0.2) is 4.68 Å². The third kappa shape index (κ3) is 3.57. The van der Waals surface area contributed by atoms with Crippen molar-refractivity contribution in [2.24, 2.45) is 20.0 Å². The fraction of sp³-hybridized carbons (Fsp3) is 0.364. The van der Waals surface area contributed by atoms with Gasteiger partial charge in [0.05, 0.1) is 11.9 Å². The molecule has 164 valence electrons. The fourth-order valence-electron chi connectivity index (χ4n) is 4.26. The van der Waals surface area contributed by atoms with Gasteiger partial charge in [0.15, 0.2) is 5.65 Å². The van der Waals surface area contributed by atoms with Gasteiger partial charge in [-0.2, -0.15) is 15.2 Å². The maximum Gasteiger partial charge on any atom is 0.266 e. The summed E-state index contributed by atoms with van der Waals surface area (Å²) < 4.78 is 4.78. The molecule has 10 nitrogen and oxygen atoms in total. The first-order chi connectivity index (χ1) is 15.5. The van der Waals surface area contributed by atoms with Gasteiger partial charge in [0.2, 0.25) is 5.95 Å². The fourth-order valence-corrected chi connectivity index (χ4v) is 4.26.